The number of nitrogens with one attached hydrogen (secondary N) is 2. The number of fused-ring (bicyclic) bond motifs is 1. The predicted octanol–water partition coefficient (Wildman–Crippen LogP) is 5.34. The van der Waals surface area contributed by atoms with E-state index in [0.29, 0.717) is 12.8 Å². The van der Waals surface area contributed by atoms with Crippen LogP contribution in [0.15, 0.2) is 47.3 Å². The van der Waals surface area contributed by atoms with Crippen molar-refractivity contribution in [1.29, 1.82) is 0 Å². The molecule has 1 aliphatic carbocycles. The van der Waals surface area contributed by atoms with Crippen LogP contribution in [0.1, 0.15) is 67.0 Å². The van der Waals surface area contributed by atoms with E-state index in [-0.39, 0.29) is 11.5 Å². The number of unbranched alkanes of at least 4 members (excludes halogenated alkanes) is 1. The molecule has 1 aromatic heterocycles. The van der Waals surface area contributed by atoms with Crippen LogP contribution >= 0.6 is 0 Å². The molecule has 4 rings (SSSR count). The molecule has 1 heterocycles. The zero-order valence-corrected chi connectivity index (χ0v) is 19.0. The van der Waals surface area contributed by atoms with Gasteiger partial charge in [-0.15, -0.1) is 0 Å². The Labute approximate surface area is 189 Å². The SMILES string of the molecule is CCCCC(=O)Nc1ccc(-c2cccc(Cc3n[nH]c(=O)c4c3CCCC4)c2)c(C)c1. The second-order valence-electron chi connectivity index (χ2n) is 8.72. The normalized spacial score (nSPS) is 12.9. The molecule has 32 heavy (non-hydrogen) atoms. The molecule has 0 bridgehead atoms. The highest BCUT2D eigenvalue weighted by Crippen LogP contribution is 2.28. The third-order valence-electron chi connectivity index (χ3n) is 6.26. The van der Waals surface area contributed by atoms with Gasteiger partial charge in [0.05, 0.1) is 5.69 Å². The molecule has 5 heteroatoms. The van der Waals surface area contributed by atoms with Gasteiger partial charge < -0.3 is 5.32 Å². The number of H-pyrrole nitrogens is 1. The quantitative estimate of drug-likeness (QED) is 0.532. The van der Waals surface area contributed by atoms with Gasteiger partial charge in [-0.25, -0.2) is 5.10 Å². The number of benzene rings is 2. The van der Waals surface area contributed by atoms with Crippen LogP contribution in [0, 0.1) is 6.92 Å². The Kier molecular flexibility index (Phi) is 6.84. The third kappa shape index (κ3) is 4.98. The number of carbonyl (C=O) groups excluding carboxylic acids is 1. The highest BCUT2D eigenvalue weighted by atomic mass is 16.1. The monoisotopic (exact) mass is 429 g/mol. The fourth-order valence-electron chi connectivity index (χ4n) is 4.54. The van der Waals surface area contributed by atoms with Crippen LogP contribution in [0.25, 0.3) is 11.1 Å². The van der Waals surface area contributed by atoms with E-state index < -0.39 is 0 Å². The standard InChI is InChI=1S/C27H31N3O2/c1-3-4-12-26(31)28-21-13-14-22(18(2)15-21)20-9-7-8-19(16-20)17-25-23-10-5-6-11-24(23)27(32)30-29-25/h7-9,13-16H,3-6,10-12,17H2,1-2H3,(H,28,31)(H,30,32). The van der Waals surface area contributed by atoms with Crippen LogP contribution in [-0.2, 0) is 24.1 Å². The molecule has 0 saturated carbocycles. The number of carbonyl (C=O) groups is 1. The number of hydrogen-bond acceptors (Lipinski definition) is 3. The molecule has 1 amide bonds. The maximum Gasteiger partial charge on any atom is 0.267 e. The van der Waals surface area contributed by atoms with E-state index in [9.17, 15) is 9.59 Å². The molecule has 2 aromatic carbocycles. The first-order valence-corrected chi connectivity index (χ1v) is 11.6. The van der Waals surface area contributed by atoms with Crippen LogP contribution < -0.4 is 10.9 Å². The van der Waals surface area contributed by atoms with Crippen LogP contribution in [0.4, 0.5) is 5.69 Å². The molecule has 0 spiro atoms. The fourth-order valence-corrected chi connectivity index (χ4v) is 4.54. The highest BCUT2D eigenvalue weighted by molar-refractivity contribution is 5.91. The van der Waals surface area contributed by atoms with E-state index in [2.05, 4.69) is 59.7 Å². The summed E-state index contributed by atoms with van der Waals surface area (Å²) in [5.41, 5.74) is 8.44. The smallest absolute Gasteiger partial charge is 0.267 e. The van der Waals surface area contributed by atoms with Crippen molar-refractivity contribution in [1.82, 2.24) is 10.2 Å². The summed E-state index contributed by atoms with van der Waals surface area (Å²) in [6.45, 7) is 4.16. The van der Waals surface area contributed by atoms with E-state index in [1.165, 1.54) is 5.56 Å². The number of rotatable bonds is 7. The minimum absolute atomic E-state index is 0.0327. The lowest BCUT2D eigenvalue weighted by atomic mass is 9.89. The van der Waals surface area contributed by atoms with E-state index in [1.807, 2.05) is 12.1 Å². The van der Waals surface area contributed by atoms with Gasteiger partial charge in [-0.2, -0.15) is 5.10 Å². The fraction of sp³-hybridized carbons (Fsp3) is 0.370. The molecule has 0 fully saturated rings. The van der Waals surface area contributed by atoms with Gasteiger partial charge >= 0.3 is 0 Å². The Morgan fingerprint density at radius 2 is 1.91 bits per heavy atom. The van der Waals surface area contributed by atoms with Crippen LogP contribution in [0.2, 0.25) is 0 Å². The number of anilines is 1. The number of amides is 1. The van der Waals surface area contributed by atoms with E-state index in [0.717, 1.165) is 77.7 Å². The molecule has 0 saturated heterocycles. The summed E-state index contributed by atoms with van der Waals surface area (Å²) in [6, 6.07) is 14.6. The van der Waals surface area contributed by atoms with Crippen molar-refractivity contribution in [3.8, 4) is 11.1 Å². The summed E-state index contributed by atoms with van der Waals surface area (Å²) >= 11 is 0. The summed E-state index contributed by atoms with van der Waals surface area (Å²) in [6.07, 6.45) is 7.16. The van der Waals surface area contributed by atoms with Gasteiger partial charge in [0.25, 0.3) is 5.56 Å². The minimum atomic E-state index is -0.0327. The molecule has 2 N–H and O–H groups in total. The first kappa shape index (κ1) is 22.0. The Balaban J connectivity index is 1.55. The summed E-state index contributed by atoms with van der Waals surface area (Å²) in [5, 5.41) is 10.1. The van der Waals surface area contributed by atoms with Crippen molar-refractivity contribution in [3.05, 3.63) is 80.8 Å². The number of aryl methyl sites for hydroxylation is 1. The summed E-state index contributed by atoms with van der Waals surface area (Å²) in [7, 11) is 0. The lowest BCUT2D eigenvalue weighted by Crippen LogP contribution is -2.23. The highest BCUT2D eigenvalue weighted by Gasteiger charge is 2.18. The number of aromatic amines is 1. The molecular weight excluding hydrogens is 398 g/mol. The van der Waals surface area contributed by atoms with E-state index in [1.54, 1.807) is 0 Å². The molecule has 0 radical (unpaired) electrons. The number of hydrogen-bond donors (Lipinski definition) is 2. The first-order chi connectivity index (χ1) is 15.5. The van der Waals surface area contributed by atoms with Crippen molar-refractivity contribution < 1.29 is 4.79 Å². The van der Waals surface area contributed by atoms with Crippen LogP contribution in [0.5, 0.6) is 0 Å². The second kappa shape index (κ2) is 9.94. The average Bonchev–Trinajstić information content (AvgIpc) is 2.80. The molecule has 1 aliphatic rings. The van der Waals surface area contributed by atoms with Crippen LogP contribution in [0.3, 0.4) is 0 Å². The maximum atomic E-state index is 12.1. The zero-order chi connectivity index (χ0) is 22.5. The molecule has 0 atom stereocenters. The molecule has 3 aromatic rings. The maximum absolute atomic E-state index is 12.1. The summed E-state index contributed by atoms with van der Waals surface area (Å²) in [4.78, 5) is 24.2. The molecule has 5 nitrogen and oxygen atoms in total. The number of aromatic nitrogens is 2. The van der Waals surface area contributed by atoms with Crippen molar-refractivity contribution in [2.75, 3.05) is 5.32 Å². The summed E-state index contributed by atoms with van der Waals surface area (Å²) < 4.78 is 0. The van der Waals surface area contributed by atoms with Gasteiger partial charge in [-0.3, -0.25) is 9.59 Å². The Bertz CT molecular complexity index is 1180. The zero-order valence-electron chi connectivity index (χ0n) is 19.0. The van der Waals surface area contributed by atoms with Crippen molar-refractivity contribution >= 4 is 11.6 Å². The van der Waals surface area contributed by atoms with Gasteiger partial charge in [-0.05, 0) is 79.0 Å². The van der Waals surface area contributed by atoms with Crippen molar-refractivity contribution in [2.45, 2.75) is 65.2 Å². The molecular formula is C27H31N3O2. The molecule has 0 aliphatic heterocycles. The van der Waals surface area contributed by atoms with Crippen molar-refractivity contribution in [3.63, 3.8) is 0 Å². The van der Waals surface area contributed by atoms with Gasteiger partial charge in [-0.1, -0.05) is 43.7 Å². The Morgan fingerprint density at radius 3 is 2.69 bits per heavy atom. The lowest BCUT2D eigenvalue weighted by molar-refractivity contribution is -0.116. The van der Waals surface area contributed by atoms with Gasteiger partial charge in [0.2, 0.25) is 5.91 Å². The molecule has 0 unspecified atom stereocenters. The second-order valence-corrected chi connectivity index (χ2v) is 8.72. The third-order valence-corrected chi connectivity index (χ3v) is 6.26. The van der Waals surface area contributed by atoms with Gasteiger partial charge in [0, 0.05) is 24.1 Å². The summed E-state index contributed by atoms with van der Waals surface area (Å²) in [5.74, 6) is 0.0673. The van der Waals surface area contributed by atoms with E-state index in [4.69, 9.17) is 0 Å². The van der Waals surface area contributed by atoms with E-state index >= 15 is 0 Å². The first-order valence-electron chi connectivity index (χ1n) is 11.6. The average molecular weight is 430 g/mol. The van der Waals surface area contributed by atoms with Gasteiger partial charge in [0.15, 0.2) is 0 Å². The number of nitrogens with zero attached hydrogens (tertiary/aromatic N) is 1. The Morgan fingerprint density at radius 1 is 1.09 bits per heavy atom. The minimum Gasteiger partial charge on any atom is -0.326 e. The molecule has 166 valence electrons. The largest absolute Gasteiger partial charge is 0.326 e. The Hall–Kier alpha value is -3.21. The van der Waals surface area contributed by atoms with Crippen LogP contribution in [-0.4, -0.2) is 16.1 Å². The van der Waals surface area contributed by atoms with Gasteiger partial charge in [0.1, 0.15) is 0 Å². The van der Waals surface area contributed by atoms with Crippen molar-refractivity contribution in [2.24, 2.45) is 0 Å². The predicted molar refractivity (Wildman–Crippen MR) is 129 cm³/mol. The lowest BCUT2D eigenvalue weighted by Gasteiger charge is -2.17. The topological polar surface area (TPSA) is 74.8 Å².